The van der Waals surface area contributed by atoms with Crippen molar-refractivity contribution in [2.24, 2.45) is 0 Å². The predicted octanol–water partition coefficient (Wildman–Crippen LogP) is 2.01. The molecule has 0 aliphatic heterocycles. The highest BCUT2D eigenvalue weighted by Gasteiger charge is 2.11. The summed E-state index contributed by atoms with van der Waals surface area (Å²) in [6.45, 7) is 0. The first-order valence-electron chi connectivity index (χ1n) is 5.84. The quantitative estimate of drug-likeness (QED) is 0.768. The Balaban J connectivity index is 1.88. The zero-order valence-corrected chi connectivity index (χ0v) is 12.1. The number of carbonyl (C=O) groups is 1. The van der Waals surface area contributed by atoms with Gasteiger partial charge in [0.05, 0.1) is 17.2 Å². The molecular weight excluding hydrogens is 336 g/mol. The van der Waals surface area contributed by atoms with Crippen molar-refractivity contribution in [1.82, 2.24) is 19.6 Å². The van der Waals surface area contributed by atoms with Gasteiger partial charge in [-0.05, 0) is 28.1 Å². The van der Waals surface area contributed by atoms with Crippen LogP contribution in [0, 0.1) is 11.3 Å². The van der Waals surface area contributed by atoms with Crippen LogP contribution in [-0.4, -0.2) is 25.5 Å². The number of fused-ring (bicyclic) bond motifs is 1. The highest BCUT2D eigenvalue weighted by molar-refractivity contribution is 9.10. The third-order valence-corrected chi connectivity index (χ3v) is 3.09. The third-order valence-electron chi connectivity index (χ3n) is 2.66. The molecule has 0 radical (unpaired) electrons. The summed E-state index contributed by atoms with van der Waals surface area (Å²) in [5, 5.41) is 15.5. The Morgan fingerprint density at radius 1 is 1.38 bits per heavy atom. The van der Waals surface area contributed by atoms with Gasteiger partial charge in [0, 0.05) is 29.1 Å². The minimum absolute atomic E-state index is 0.162. The Kier molecular flexibility index (Phi) is 3.33. The van der Waals surface area contributed by atoms with E-state index in [1.54, 1.807) is 30.6 Å². The Hall–Kier alpha value is -2.79. The maximum atomic E-state index is 12.1. The van der Waals surface area contributed by atoms with Crippen LogP contribution in [0.2, 0.25) is 0 Å². The summed E-state index contributed by atoms with van der Waals surface area (Å²) in [4.78, 5) is 20.1. The fraction of sp³-hybridized carbons (Fsp3) is 0. The molecule has 0 unspecified atom stereocenters. The minimum Gasteiger partial charge on any atom is -0.289 e. The Bertz CT molecular complexity index is 882. The van der Waals surface area contributed by atoms with Crippen molar-refractivity contribution in [3.05, 3.63) is 52.4 Å². The van der Waals surface area contributed by atoms with Crippen molar-refractivity contribution in [3.63, 3.8) is 0 Å². The molecule has 1 amide bonds. The lowest BCUT2D eigenvalue weighted by molar-refractivity contribution is 0.102. The molecule has 8 heteroatoms. The van der Waals surface area contributed by atoms with E-state index in [2.05, 4.69) is 36.3 Å². The zero-order chi connectivity index (χ0) is 14.8. The highest BCUT2D eigenvalue weighted by Crippen LogP contribution is 2.12. The van der Waals surface area contributed by atoms with Crippen LogP contribution in [0.3, 0.4) is 0 Å². The van der Waals surface area contributed by atoms with Crippen molar-refractivity contribution in [2.75, 3.05) is 5.32 Å². The van der Waals surface area contributed by atoms with E-state index in [-0.39, 0.29) is 11.9 Å². The fourth-order valence-corrected chi connectivity index (χ4v) is 2.08. The molecule has 0 saturated carbocycles. The largest absolute Gasteiger partial charge is 0.289 e. The molecule has 0 atom stereocenters. The topological polar surface area (TPSA) is 96.0 Å². The molecule has 3 rings (SSSR count). The second kappa shape index (κ2) is 5.30. The molecule has 0 aliphatic rings. The average Bonchev–Trinajstić information content (AvgIpc) is 2.88. The molecule has 0 aromatic carbocycles. The number of anilines is 1. The third kappa shape index (κ3) is 2.73. The van der Waals surface area contributed by atoms with Crippen molar-refractivity contribution in [3.8, 4) is 6.07 Å². The minimum atomic E-state index is -0.361. The maximum Gasteiger partial charge on any atom is 0.259 e. The summed E-state index contributed by atoms with van der Waals surface area (Å²) < 4.78 is 2.19. The van der Waals surface area contributed by atoms with Crippen LogP contribution in [0.15, 0.2) is 41.3 Å². The van der Waals surface area contributed by atoms with Crippen LogP contribution in [0.1, 0.15) is 15.9 Å². The summed E-state index contributed by atoms with van der Waals surface area (Å²) in [5.41, 5.74) is 1.35. The predicted molar refractivity (Wildman–Crippen MR) is 77.6 cm³/mol. The van der Waals surface area contributed by atoms with Gasteiger partial charge in [-0.15, -0.1) is 5.10 Å². The molecule has 1 N–H and O–H groups in total. The van der Waals surface area contributed by atoms with Crippen LogP contribution in [0.5, 0.6) is 0 Å². The molecule has 0 bridgehead atoms. The van der Waals surface area contributed by atoms with Crippen molar-refractivity contribution >= 4 is 33.4 Å². The molecule has 0 fully saturated rings. The Labute approximate surface area is 127 Å². The first-order chi connectivity index (χ1) is 10.2. The number of rotatable bonds is 2. The number of amides is 1. The maximum absolute atomic E-state index is 12.1. The molecular formula is C13H7BrN6O. The van der Waals surface area contributed by atoms with Crippen molar-refractivity contribution in [1.29, 1.82) is 5.26 Å². The first kappa shape index (κ1) is 13.2. The molecule has 7 nitrogen and oxygen atoms in total. The van der Waals surface area contributed by atoms with Gasteiger partial charge < -0.3 is 0 Å². The number of nitriles is 1. The van der Waals surface area contributed by atoms with Gasteiger partial charge >= 0.3 is 0 Å². The van der Waals surface area contributed by atoms with E-state index in [9.17, 15) is 4.79 Å². The van der Waals surface area contributed by atoms with E-state index in [1.165, 1.54) is 10.7 Å². The van der Waals surface area contributed by atoms with E-state index >= 15 is 0 Å². The number of pyridine rings is 2. The number of nitrogens with zero attached hydrogens (tertiary/aromatic N) is 5. The van der Waals surface area contributed by atoms with Crippen LogP contribution in [0.4, 0.5) is 5.95 Å². The number of halogens is 1. The van der Waals surface area contributed by atoms with Crippen LogP contribution >= 0.6 is 15.9 Å². The standard InChI is InChI=1S/C13H7BrN6O/c14-10-4-9(6-16-7-10)12(21)18-13-17-11-3-8(5-15)1-2-20(11)19-13/h1-4,6-7H,(H,18,19,21). The SMILES string of the molecule is N#Cc1ccn2nc(NC(=O)c3cncc(Br)c3)nc2c1. The van der Waals surface area contributed by atoms with Crippen molar-refractivity contribution < 1.29 is 4.79 Å². The van der Waals surface area contributed by atoms with Gasteiger partial charge in [-0.1, -0.05) is 0 Å². The van der Waals surface area contributed by atoms with Gasteiger partial charge in [0.25, 0.3) is 5.91 Å². The molecule has 3 aromatic rings. The van der Waals surface area contributed by atoms with E-state index in [0.717, 1.165) is 0 Å². The zero-order valence-electron chi connectivity index (χ0n) is 10.5. The summed E-state index contributed by atoms with van der Waals surface area (Å²) in [5.74, 6) is -0.199. The molecule has 102 valence electrons. The summed E-state index contributed by atoms with van der Waals surface area (Å²) in [6, 6.07) is 6.87. The lowest BCUT2D eigenvalue weighted by Gasteiger charge is -2.00. The van der Waals surface area contributed by atoms with Gasteiger partial charge in [0.2, 0.25) is 5.95 Å². The lowest BCUT2D eigenvalue weighted by Crippen LogP contribution is -2.13. The summed E-state index contributed by atoms with van der Waals surface area (Å²) in [6.07, 6.45) is 4.64. The second-order valence-corrected chi connectivity index (χ2v) is 5.03. The number of aromatic nitrogens is 4. The van der Waals surface area contributed by atoms with Crippen LogP contribution in [-0.2, 0) is 0 Å². The summed E-state index contributed by atoms with van der Waals surface area (Å²) in [7, 11) is 0. The summed E-state index contributed by atoms with van der Waals surface area (Å²) >= 11 is 3.25. The van der Waals surface area contributed by atoms with Gasteiger partial charge in [-0.25, -0.2) is 4.52 Å². The number of nitrogens with one attached hydrogen (secondary N) is 1. The lowest BCUT2D eigenvalue weighted by atomic mass is 10.3. The Morgan fingerprint density at radius 2 is 2.24 bits per heavy atom. The average molecular weight is 343 g/mol. The van der Waals surface area contributed by atoms with E-state index < -0.39 is 0 Å². The van der Waals surface area contributed by atoms with Gasteiger partial charge in [0.15, 0.2) is 5.65 Å². The molecule has 0 spiro atoms. The van der Waals surface area contributed by atoms with Crippen LogP contribution in [0.25, 0.3) is 5.65 Å². The number of carbonyl (C=O) groups excluding carboxylic acids is 1. The molecule has 21 heavy (non-hydrogen) atoms. The van der Waals surface area contributed by atoms with E-state index in [0.29, 0.717) is 21.2 Å². The number of hydrogen-bond donors (Lipinski definition) is 1. The molecule has 3 heterocycles. The normalized spacial score (nSPS) is 10.3. The highest BCUT2D eigenvalue weighted by atomic mass is 79.9. The second-order valence-electron chi connectivity index (χ2n) is 4.11. The Morgan fingerprint density at radius 3 is 3.00 bits per heavy atom. The van der Waals surface area contributed by atoms with E-state index in [4.69, 9.17) is 5.26 Å². The van der Waals surface area contributed by atoms with Crippen LogP contribution < -0.4 is 5.32 Å². The van der Waals surface area contributed by atoms with E-state index in [1.807, 2.05) is 6.07 Å². The molecule has 0 saturated heterocycles. The fourth-order valence-electron chi connectivity index (χ4n) is 1.71. The van der Waals surface area contributed by atoms with Gasteiger partial charge in [-0.3, -0.25) is 15.1 Å². The smallest absolute Gasteiger partial charge is 0.259 e. The van der Waals surface area contributed by atoms with Gasteiger partial charge in [0.1, 0.15) is 0 Å². The monoisotopic (exact) mass is 342 g/mol. The number of hydrogen-bond acceptors (Lipinski definition) is 5. The van der Waals surface area contributed by atoms with Crippen molar-refractivity contribution in [2.45, 2.75) is 0 Å². The van der Waals surface area contributed by atoms with Gasteiger partial charge in [-0.2, -0.15) is 10.2 Å². The first-order valence-corrected chi connectivity index (χ1v) is 6.63. The molecule has 0 aliphatic carbocycles. The molecule has 3 aromatic heterocycles.